The summed E-state index contributed by atoms with van der Waals surface area (Å²) in [6.07, 6.45) is 2.06. The van der Waals surface area contributed by atoms with Crippen molar-refractivity contribution in [1.29, 1.82) is 0 Å². The molecule has 1 N–H and O–H groups in total. The summed E-state index contributed by atoms with van der Waals surface area (Å²) in [6, 6.07) is 4.80. The molecule has 2 rings (SSSR count). The van der Waals surface area contributed by atoms with E-state index in [1.54, 1.807) is 12.1 Å². The zero-order chi connectivity index (χ0) is 15.5. The quantitative estimate of drug-likeness (QED) is 0.833. The highest BCUT2D eigenvalue weighted by Gasteiger charge is 2.22. The zero-order valence-corrected chi connectivity index (χ0v) is 15.1. The third-order valence-corrected chi connectivity index (χ3v) is 6.30. The van der Waals surface area contributed by atoms with Gasteiger partial charge in [-0.1, -0.05) is 34.5 Å². The molecule has 4 nitrogen and oxygen atoms in total. The van der Waals surface area contributed by atoms with Crippen LogP contribution in [0.5, 0.6) is 0 Å². The topological polar surface area (TPSA) is 49.4 Å². The number of sulfonamides is 1. The monoisotopic (exact) mass is 394 g/mol. The van der Waals surface area contributed by atoms with Crippen LogP contribution in [0, 0.1) is 5.92 Å². The van der Waals surface area contributed by atoms with Crippen LogP contribution in [0.15, 0.2) is 27.6 Å². The van der Waals surface area contributed by atoms with E-state index in [0.29, 0.717) is 12.5 Å². The first-order valence-electron chi connectivity index (χ1n) is 7.09. The Hall–Kier alpha value is -0.140. The number of piperidine rings is 1. The fraction of sp³-hybridized carbons (Fsp3) is 0.571. The molecule has 0 aromatic heterocycles. The molecule has 1 saturated heterocycles. The van der Waals surface area contributed by atoms with Crippen molar-refractivity contribution in [3.8, 4) is 0 Å². The van der Waals surface area contributed by atoms with Crippen molar-refractivity contribution in [3.63, 3.8) is 0 Å². The van der Waals surface area contributed by atoms with Gasteiger partial charge in [-0.15, -0.1) is 0 Å². The van der Waals surface area contributed by atoms with Crippen molar-refractivity contribution in [2.45, 2.75) is 24.7 Å². The van der Waals surface area contributed by atoms with E-state index in [9.17, 15) is 8.42 Å². The Morgan fingerprint density at radius 3 is 2.62 bits per heavy atom. The molecule has 118 valence electrons. The van der Waals surface area contributed by atoms with Crippen molar-refractivity contribution >= 4 is 37.6 Å². The number of nitrogens with zero attached hydrogens (tertiary/aromatic N) is 1. The van der Waals surface area contributed by atoms with E-state index in [2.05, 4.69) is 32.5 Å². The van der Waals surface area contributed by atoms with Crippen LogP contribution in [0.1, 0.15) is 19.8 Å². The number of halogens is 2. The molecule has 0 atom stereocenters. The third-order valence-electron chi connectivity index (χ3n) is 3.90. The summed E-state index contributed by atoms with van der Waals surface area (Å²) in [5.41, 5.74) is 0. The van der Waals surface area contributed by atoms with E-state index >= 15 is 0 Å². The van der Waals surface area contributed by atoms with Gasteiger partial charge in [0, 0.05) is 11.0 Å². The Morgan fingerprint density at radius 2 is 2.05 bits per heavy atom. The molecular formula is C14H20BrClN2O2S. The second kappa shape index (κ2) is 7.42. The molecule has 0 saturated carbocycles. The average molecular weight is 396 g/mol. The number of hydrogen-bond acceptors (Lipinski definition) is 3. The largest absolute Gasteiger partial charge is 0.304 e. The van der Waals surface area contributed by atoms with Gasteiger partial charge >= 0.3 is 0 Å². The lowest BCUT2D eigenvalue weighted by Crippen LogP contribution is -2.38. The van der Waals surface area contributed by atoms with Gasteiger partial charge in [0.25, 0.3) is 0 Å². The first-order chi connectivity index (χ1) is 9.92. The van der Waals surface area contributed by atoms with Crippen molar-refractivity contribution in [1.82, 2.24) is 9.62 Å². The maximum Gasteiger partial charge on any atom is 0.242 e. The maximum atomic E-state index is 12.3. The number of likely N-dealkylation sites (tertiary alicyclic amines) is 1. The average Bonchev–Trinajstić information content (AvgIpc) is 2.45. The molecule has 0 amide bonds. The van der Waals surface area contributed by atoms with Crippen LogP contribution < -0.4 is 4.72 Å². The Balaban J connectivity index is 1.96. The lowest BCUT2D eigenvalue weighted by atomic mass is 9.97. The molecule has 1 aromatic rings. The highest BCUT2D eigenvalue weighted by atomic mass is 79.9. The van der Waals surface area contributed by atoms with Crippen molar-refractivity contribution in [2.75, 3.05) is 26.2 Å². The van der Waals surface area contributed by atoms with Gasteiger partial charge in [-0.05, 0) is 56.6 Å². The van der Waals surface area contributed by atoms with Crippen LogP contribution in [0.4, 0.5) is 0 Å². The van der Waals surface area contributed by atoms with Gasteiger partial charge in [-0.2, -0.15) is 0 Å². The van der Waals surface area contributed by atoms with E-state index in [1.165, 1.54) is 6.07 Å². The van der Waals surface area contributed by atoms with Crippen molar-refractivity contribution in [3.05, 3.63) is 27.7 Å². The maximum absolute atomic E-state index is 12.3. The van der Waals surface area contributed by atoms with Crippen LogP contribution in [0.25, 0.3) is 0 Å². The second-order valence-electron chi connectivity index (χ2n) is 5.30. The summed E-state index contributed by atoms with van der Waals surface area (Å²) in [4.78, 5) is 2.52. The van der Waals surface area contributed by atoms with Gasteiger partial charge in [0.15, 0.2) is 0 Å². The molecule has 7 heteroatoms. The molecule has 1 aromatic carbocycles. The lowest BCUT2D eigenvalue weighted by Gasteiger charge is -2.31. The summed E-state index contributed by atoms with van der Waals surface area (Å²) in [5.74, 6) is 0.400. The molecule has 0 bridgehead atoms. The fourth-order valence-electron chi connectivity index (χ4n) is 2.51. The van der Waals surface area contributed by atoms with Crippen LogP contribution in [0.2, 0.25) is 5.02 Å². The van der Waals surface area contributed by atoms with Gasteiger partial charge in [0.1, 0.15) is 4.90 Å². The number of benzene rings is 1. The van der Waals surface area contributed by atoms with E-state index in [0.717, 1.165) is 36.9 Å². The molecule has 1 aliphatic heterocycles. The molecule has 0 radical (unpaired) electrons. The normalized spacial score (nSPS) is 18.0. The lowest BCUT2D eigenvalue weighted by molar-refractivity contribution is 0.194. The summed E-state index contributed by atoms with van der Waals surface area (Å²) in [7, 11) is -3.54. The van der Waals surface area contributed by atoms with Crippen LogP contribution in [-0.4, -0.2) is 39.5 Å². The van der Waals surface area contributed by atoms with E-state index in [1.807, 2.05) is 0 Å². The van der Waals surface area contributed by atoms with Crippen molar-refractivity contribution < 1.29 is 8.42 Å². The van der Waals surface area contributed by atoms with Gasteiger partial charge < -0.3 is 4.90 Å². The van der Waals surface area contributed by atoms with E-state index in [4.69, 9.17) is 11.6 Å². The fourth-order valence-corrected chi connectivity index (χ4v) is 4.66. The standard InChI is InChI=1S/C14H20BrClN2O2S/c1-2-18-7-5-11(6-8-18)10-17-21(19,20)14-4-3-12(15)9-13(14)16/h3-4,9,11,17H,2,5-8,10H2,1H3. The highest BCUT2D eigenvalue weighted by molar-refractivity contribution is 9.10. The summed E-state index contributed by atoms with van der Waals surface area (Å²) in [5, 5.41) is 0.234. The Bertz CT molecular complexity index is 587. The molecule has 1 aliphatic rings. The highest BCUT2D eigenvalue weighted by Crippen LogP contribution is 2.25. The Kier molecular flexibility index (Phi) is 6.08. The molecule has 1 fully saturated rings. The predicted molar refractivity (Wildman–Crippen MR) is 89.2 cm³/mol. The Morgan fingerprint density at radius 1 is 1.38 bits per heavy atom. The van der Waals surface area contributed by atoms with Gasteiger partial charge in [-0.25, -0.2) is 13.1 Å². The van der Waals surface area contributed by atoms with Crippen LogP contribution in [-0.2, 0) is 10.0 Å². The van der Waals surface area contributed by atoms with Gasteiger partial charge in [0.2, 0.25) is 10.0 Å². The summed E-state index contributed by atoms with van der Waals surface area (Å²) >= 11 is 9.29. The van der Waals surface area contributed by atoms with Gasteiger partial charge in [0.05, 0.1) is 5.02 Å². The molecule has 0 unspecified atom stereocenters. The summed E-state index contributed by atoms with van der Waals surface area (Å²) in [6.45, 7) is 5.78. The molecule has 21 heavy (non-hydrogen) atoms. The minimum absolute atomic E-state index is 0.137. The van der Waals surface area contributed by atoms with E-state index in [-0.39, 0.29) is 9.92 Å². The molecule has 0 spiro atoms. The van der Waals surface area contributed by atoms with Crippen LogP contribution >= 0.6 is 27.5 Å². The van der Waals surface area contributed by atoms with Gasteiger partial charge in [-0.3, -0.25) is 0 Å². The second-order valence-corrected chi connectivity index (χ2v) is 8.36. The van der Waals surface area contributed by atoms with Crippen molar-refractivity contribution in [2.24, 2.45) is 5.92 Å². The van der Waals surface area contributed by atoms with E-state index < -0.39 is 10.0 Å². The third kappa shape index (κ3) is 4.66. The smallest absolute Gasteiger partial charge is 0.242 e. The van der Waals surface area contributed by atoms with Crippen LogP contribution in [0.3, 0.4) is 0 Å². The minimum Gasteiger partial charge on any atom is -0.304 e. The number of nitrogens with one attached hydrogen (secondary N) is 1. The first-order valence-corrected chi connectivity index (χ1v) is 9.75. The number of hydrogen-bond donors (Lipinski definition) is 1. The predicted octanol–water partition coefficient (Wildman–Crippen LogP) is 3.11. The zero-order valence-electron chi connectivity index (χ0n) is 12.0. The molecule has 1 heterocycles. The summed E-state index contributed by atoms with van der Waals surface area (Å²) < 4.78 is 28.1. The first kappa shape index (κ1) is 17.2. The Labute approximate surface area is 140 Å². The molecular weight excluding hydrogens is 376 g/mol. The molecule has 0 aliphatic carbocycles. The SMILES string of the molecule is CCN1CCC(CNS(=O)(=O)c2ccc(Br)cc2Cl)CC1. The number of rotatable bonds is 5. The minimum atomic E-state index is -3.54.